The molecule has 0 aliphatic carbocycles. The number of hydrogen-bond acceptors (Lipinski definition) is 5. The van der Waals surface area contributed by atoms with Gasteiger partial charge in [0.15, 0.2) is 5.82 Å². The van der Waals surface area contributed by atoms with E-state index in [1.807, 2.05) is 0 Å². The molecule has 6 N–H and O–H groups in total. The molecule has 1 aromatic heterocycles. The third-order valence-corrected chi connectivity index (χ3v) is 1.00. The minimum absolute atomic E-state index is 0.0512. The topological polar surface area (TPSA) is 114 Å². The van der Waals surface area contributed by atoms with Crippen molar-refractivity contribution in [3.8, 4) is 0 Å². The number of anilines is 2. The van der Waals surface area contributed by atoms with E-state index in [-0.39, 0.29) is 17.1 Å². The van der Waals surface area contributed by atoms with Crippen molar-refractivity contribution in [2.75, 3.05) is 11.5 Å². The molecule has 1 rings (SSSR count). The summed E-state index contributed by atoms with van der Waals surface area (Å²) in [5.74, 6) is 0.0512. The molecule has 0 amide bonds. The van der Waals surface area contributed by atoms with Gasteiger partial charge in [-0.15, -0.1) is 0 Å². The maximum absolute atomic E-state index is 8.76. The van der Waals surface area contributed by atoms with Crippen LogP contribution in [-0.2, 0) is 0 Å². The van der Waals surface area contributed by atoms with Gasteiger partial charge in [-0.2, -0.15) is 9.71 Å². The van der Waals surface area contributed by atoms with Crippen LogP contribution < -0.4 is 17.1 Å². The summed E-state index contributed by atoms with van der Waals surface area (Å²) in [6.07, 6.45) is 1.12. The Labute approximate surface area is 56.2 Å². The standard InChI is InChI=1S/C4H7N5O/c5-2-1-9(10)4(7)8-3(2)6/h1,10H,5H2,(H3,6,7,8). The molecule has 0 unspecified atom stereocenters. The predicted octanol–water partition coefficient (Wildman–Crippen LogP) is -1.24. The Balaban J connectivity index is 3.43. The number of nitrogens with two attached hydrogens (primary N) is 2. The van der Waals surface area contributed by atoms with Crippen molar-refractivity contribution in [2.24, 2.45) is 0 Å². The minimum atomic E-state index is -0.341. The SMILES string of the molecule is N=c1nc(N)c(N)cn1O. The van der Waals surface area contributed by atoms with E-state index >= 15 is 0 Å². The average Bonchev–Trinajstić information content (AvgIpc) is 1.84. The van der Waals surface area contributed by atoms with Gasteiger partial charge in [0.05, 0.1) is 11.9 Å². The Hall–Kier alpha value is -1.72. The maximum atomic E-state index is 8.76. The van der Waals surface area contributed by atoms with E-state index < -0.39 is 0 Å². The van der Waals surface area contributed by atoms with E-state index in [2.05, 4.69) is 4.98 Å². The highest BCUT2D eigenvalue weighted by molar-refractivity contribution is 5.55. The van der Waals surface area contributed by atoms with Crippen LogP contribution in [0.4, 0.5) is 11.5 Å². The molecule has 54 valence electrons. The van der Waals surface area contributed by atoms with Crippen LogP contribution in [0.15, 0.2) is 6.20 Å². The molecule has 6 nitrogen and oxygen atoms in total. The summed E-state index contributed by atoms with van der Waals surface area (Å²) in [6, 6.07) is 0. The molecule has 0 bridgehead atoms. The fourth-order valence-electron chi connectivity index (χ4n) is 0.489. The van der Waals surface area contributed by atoms with Crippen LogP contribution >= 0.6 is 0 Å². The van der Waals surface area contributed by atoms with Crippen molar-refractivity contribution >= 4 is 11.5 Å². The number of nitrogen functional groups attached to an aromatic ring is 2. The molecule has 0 aromatic carbocycles. The summed E-state index contributed by atoms with van der Waals surface area (Å²) < 4.78 is 0.492. The Bertz CT molecular complexity index is 303. The average molecular weight is 141 g/mol. The van der Waals surface area contributed by atoms with E-state index in [1.54, 1.807) is 0 Å². The molecule has 0 saturated carbocycles. The molecular weight excluding hydrogens is 134 g/mol. The van der Waals surface area contributed by atoms with Crippen LogP contribution in [0, 0.1) is 5.41 Å². The number of rotatable bonds is 0. The van der Waals surface area contributed by atoms with E-state index in [9.17, 15) is 0 Å². The largest absolute Gasteiger partial charge is 0.425 e. The molecule has 1 heterocycles. The van der Waals surface area contributed by atoms with Crippen LogP contribution in [0.1, 0.15) is 0 Å². The highest BCUT2D eigenvalue weighted by Crippen LogP contribution is 2.03. The third-order valence-electron chi connectivity index (χ3n) is 1.00. The van der Waals surface area contributed by atoms with Gasteiger partial charge >= 0.3 is 0 Å². The Morgan fingerprint density at radius 3 is 2.70 bits per heavy atom. The minimum Gasteiger partial charge on any atom is -0.425 e. The van der Waals surface area contributed by atoms with Crippen LogP contribution in [0.5, 0.6) is 0 Å². The first kappa shape index (κ1) is 6.40. The lowest BCUT2D eigenvalue weighted by Gasteiger charge is -1.99. The summed E-state index contributed by atoms with van der Waals surface area (Å²) >= 11 is 0. The molecular formula is C4H7N5O. The van der Waals surface area contributed by atoms with E-state index in [1.165, 1.54) is 0 Å². The van der Waals surface area contributed by atoms with Crippen molar-refractivity contribution < 1.29 is 5.21 Å². The lowest BCUT2D eigenvalue weighted by atomic mass is 10.5. The molecule has 0 radical (unpaired) electrons. The Kier molecular flexibility index (Phi) is 1.22. The second-order valence-electron chi connectivity index (χ2n) is 1.75. The van der Waals surface area contributed by atoms with Gasteiger partial charge in [0.2, 0.25) is 0 Å². The molecule has 1 aromatic rings. The maximum Gasteiger partial charge on any atom is 0.257 e. The summed E-state index contributed by atoms with van der Waals surface area (Å²) in [4.78, 5) is 3.41. The first-order valence-electron chi connectivity index (χ1n) is 2.50. The van der Waals surface area contributed by atoms with E-state index in [4.69, 9.17) is 22.1 Å². The molecule has 0 atom stereocenters. The lowest BCUT2D eigenvalue weighted by Crippen LogP contribution is -2.22. The fraction of sp³-hybridized carbons (Fsp3) is 0. The highest BCUT2D eigenvalue weighted by atomic mass is 16.5. The summed E-state index contributed by atoms with van der Waals surface area (Å²) in [5, 5.41) is 15.7. The van der Waals surface area contributed by atoms with Gasteiger partial charge in [-0.1, -0.05) is 0 Å². The van der Waals surface area contributed by atoms with Crippen molar-refractivity contribution in [2.45, 2.75) is 0 Å². The molecule has 6 heteroatoms. The molecule has 10 heavy (non-hydrogen) atoms. The summed E-state index contributed by atoms with van der Waals surface area (Å²) in [6.45, 7) is 0. The van der Waals surface area contributed by atoms with Gasteiger partial charge in [0, 0.05) is 0 Å². The van der Waals surface area contributed by atoms with Gasteiger partial charge in [-0.3, -0.25) is 5.41 Å². The number of aromatic nitrogens is 2. The zero-order chi connectivity index (χ0) is 7.72. The quantitative estimate of drug-likeness (QED) is 0.338. The molecule has 0 fully saturated rings. The lowest BCUT2D eigenvalue weighted by molar-refractivity contribution is 0.166. The highest BCUT2D eigenvalue weighted by Gasteiger charge is 1.96. The van der Waals surface area contributed by atoms with Crippen molar-refractivity contribution in [3.05, 3.63) is 11.8 Å². The zero-order valence-electron chi connectivity index (χ0n) is 5.07. The second-order valence-corrected chi connectivity index (χ2v) is 1.75. The Morgan fingerprint density at radius 2 is 2.20 bits per heavy atom. The fourth-order valence-corrected chi connectivity index (χ4v) is 0.489. The van der Waals surface area contributed by atoms with Crippen molar-refractivity contribution in [1.82, 2.24) is 9.71 Å². The zero-order valence-corrected chi connectivity index (χ0v) is 5.07. The van der Waals surface area contributed by atoms with Gasteiger partial charge in [0.25, 0.3) is 5.62 Å². The molecule has 0 aliphatic heterocycles. The number of hydrogen-bond donors (Lipinski definition) is 4. The normalized spacial score (nSPS) is 9.60. The Morgan fingerprint density at radius 1 is 1.60 bits per heavy atom. The number of nitrogens with one attached hydrogen (secondary N) is 1. The van der Waals surface area contributed by atoms with Crippen LogP contribution in [0.2, 0.25) is 0 Å². The predicted molar refractivity (Wildman–Crippen MR) is 34.1 cm³/mol. The summed E-state index contributed by atoms with van der Waals surface area (Å²) in [7, 11) is 0. The number of nitrogens with zero attached hydrogens (tertiary/aromatic N) is 2. The third kappa shape index (κ3) is 0.859. The van der Waals surface area contributed by atoms with Gasteiger partial charge in [-0.05, 0) is 0 Å². The molecule has 0 saturated heterocycles. The first-order chi connectivity index (χ1) is 4.61. The summed E-state index contributed by atoms with van der Waals surface area (Å²) in [5.41, 5.74) is 10.3. The van der Waals surface area contributed by atoms with Gasteiger partial charge in [0.1, 0.15) is 0 Å². The van der Waals surface area contributed by atoms with Crippen LogP contribution in [0.25, 0.3) is 0 Å². The van der Waals surface area contributed by atoms with E-state index in [0.29, 0.717) is 4.73 Å². The van der Waals surface area contributed by atoms with Crippen LogP contribution in [0.3, 0.4) is 0 Å². The van der Waals surface area contributed by atoms with Crippen LogP contribution in [-0.4, -0.2) is 14.9 Å². The smallest absolute Gasteiger partial charge is 0.257 e. The monoisotopic (exact) mass is 141 g/mol. The van der Waals surface area contributed by atoms with E-state index in [0.717, 1.165) is 6.20 Å². The second kappa shape index (κ2) is 1.90. The van der Waals surface area contributed by atoms with Crippen molar-refractivity contribution in [3.63, 3.8) is 0 Å². The molecule has 0 spiro atoms. The molecule has 0 aliphatic rings. The first-order valence-corrected chi connectivity index (χ1v) is 2.50. The van der Waals surface area contributed by atoms with Gasteiger partial charge < -0.3 is 16.7 Å². The van der Waals surface area contributed by atoms with Gasteiger partial charge in [-0.25, -0.2) is 0 Å². The van der Waals surface area contributed by atoms with Crippen molar-refractivity contribution in [1.29, 1.82) is 5.41 Å².